The molecule has 0 aliphatic carbocycles. The van der Waals surface area contributed by atoms with Crippen LogP contribution in [0, 0.1) is 0 Å². The van der Waals surface area contributed by atoms with Gasteiger partial charge < -0.3 is 14.8 Å². The molecular formula is C19H15BrN4O4. The van der Waals surface area contributed by atoms with E-state index in [1.54, 1.807) is 36.4 Å². The number of aromatic nitrogens is 2. The monoisotopic (exact) mass is 442 g/mol. The van der Waals surface area contributed by atoms with Crippen LogP contribution in [0.1, 0.15) is 16.1 Å². The van der Waals surface area contributed by atoms with Gasteiger partial charge in [0, 0.05) is 15.6 Å². The van der Waals surface area contributed by atoms with Crippen LogP contribution in [0.4, 0.5) is 0 Å². The molecule has 1 aromatic heterocycles. The van der Waals surface area contributed by atoms with Crippen molar-refractivity contribution in [3.63, 3.8) is 0 Å². The fourth-order valence-electron chi connectivity index (χ4n) is 2.41. The van der Waals surface area contributed by atoms with Crippen molar-refractivity contribution in [1.29, 1.82) is 0 Å². The van der Waals surface area contributed by atoms with E-state index in [9.17, 15) is 14.7 Å². The average molecular weight is 443 g/mol. The molecule has 0 aliphatic heterocycles. The van der Waals surface area contributed by atoms with Crippen molar-refractivity contribution >= 4 is 28.1 Å². The van der Waals surface area contributed by atoms with Crippen molar-refractivity contribution in [2.45, 2.75) is 0 Å². The maximum absolute atomic E-state index is 12.3. The van der Waals surface area contributed by atoms with Gasteiger partial charge in [-0.1, -0.05) is 46.3 Å². The number of hydrogen-bond acceptors (Lipinski definition) is 6. The number of nitrogens with one attached hydrogen (secondary N) is 2. The normalized spacial score (nSPS) is 10.8. The number of nitrogens with zero attached hydrogens (tertiary/aromatic N) is 2. The molecule has 3 rings (SSSR count). The Morgan fingerprint density at radius 1 is 1.29 bits per heavy atom. The molecule has 8 nitrogen and oxygen atoms in total. The zero-order valence-electron chi connectivity index (χ0n) is 14.6. The predicted octanol–water partition coefficient (Wildman–Crippen LogP) is 2.68. The van der Waals surface area contributed by atoms with Crippen LogP contribution in [0.2, 0.25) is 0 Å². The van der Waals surface area contributed by atoms with E-state index in [0.717, 1.165) is 0 Å². The Morgan fingerprint density at radius 3 is 2.75 bits per heavy atom. The Morgan fingerprint density at radius 2 is 2.04 bits per heavy atom. The second-order valence-electron chi connectivity index (χ2n) is 5.60. The summed E-state index contributed by atoms with van der Waals surface area (Å²) in [6, 6.07) is 13.7. The third kappa shape index (κ3) is 4.44. The number of H-pyrrole nitrogens is 1. The van der Waals surface area contributed by atoms with E-state index < -0.39 is 11.6 Å². The van der Waals surface area contributed by atoms with Crippen LogP contribution in [0.5, 0.6) is 11.5 Å². The standard InChI is InChI=1S/C19H15BrN4O4/c1-28-16-8-13(20)7-12(17(16)25)10-21-24-18(26)15-9-14(22-19(27)23-15)11-5-3-2-4-6-11/h2-10,25H,1H3,(H,24,26)(H,22,23,27)/b21-10+. The average Bonchev–Trinajstić information content (AvgIpc) is 2.70. The summed E-state index contributed by atoms with van der Waals surface area (Å²) in [5.74, 6) is -0.491. The molecule has 9 heteroatoms. The number of ether oxygens (including phenoxy) is 1. The van der Waals surface area contributed by atoms with E-state index in [0.29, 0.717) is 21.3 Å². The fourth-order valence-corrected chi connectivity index (χ4v) is 2.86. The van der Waals surface area contributed by atoms with E-state index in [-0.39, 0.29) is 17.2 Å². The topological polar surface area (TPSA) is 117 Å². The summed E-state index contributed by atoms with van der Waals surface area (Å²) in [5.41, 5.74) is 3.07. The molecule has 28 heavy (non-hydrogen) atoms. The zero-order chi connectivity index (χ0) is 20.1. The number of hydrogen-bond donors (Lipinski definition) is 3. The van der Waals surface area contributed by atoms with E-state index in [1.165, 1.54) is 19.4 Å². The lowest BCUT2D eigenvalue weighted by Crippen LogP contribution is -2.24. The number of aromatic amines is 1. The van der Waals surface area contributed by atoms with Crippen molar-refractivity contribution in [2.24, 2.45) is 5.10 Å². The maximum Gasteiger partial charge on any atom is 0.346 e. The van der Waals surface area contributed by atoms with Crippen LogP contribution in [0.3, 0.4) is 0 Å². The highest BCUT2D eigenvalue weighted by atomic mass is 79.9. The minimum absolute atomic E-state index is 0.00653. The van der Waals surface area contributed by atoms with E-state index >= 15 is 0 Å². The van der Waals surface area contributed by atoms with Gasteiger partial charge in [-0.15, -0.1) is 0 Å². The van der Waals surface area contributed by atoms with E-state index in [4.69, 9.17) is 4.74 Å². The number of methoxy groups -OCH3 is 1. The van der Waals surface area contributed by atoms with Crippen LogP contribution >= 0.6 is 15.9 Å². The summed E-state index contributed by atoms with van der Waals surface area (Å²) in [4.78, 5) is 30.4. The van der Waals surface area contributed by atoms with Crippen LogP contribution < -0.4 is 15.9 Å². The van der Waals surface area contributed by atoms with Crippen LogP contribution in [-0.2, 0) is 0 Å². The summed E-state index contributed by atoms with van der Waals surface area (Å²) < 4.78 is 5.72. The summed E-state index contributed by atoms with van der Waals surface area (Å²) in [5, 5.41) is 13.9. The fraction of sp³-hybridized carbons (Fsp3) is 0.0526. The number of phenols is 1. The first-order valence-corrected chi connectivity index (χ1v) is 8.84. The molecular weight excluding hydrogens is 428 g/mol. The summed E-state index contributed by atoms with van der Waals surface area (Å²) >= 11 is 3.30. The molecule has 0 radical (unpaired) electrons. The van der Waals surface area contributed by atoms with Crippen LogP contribution in [0.15, 0.2) is 62.9 Å². The third-order valence-corrected chi connectivity index (χ3v) is 4.18. The Kier molecular flexibility index (Phi) is 5.85. The number of carbonyl (C=O) groups is 1. The lowest BCUT2D eigenvalue weighted by molar-refractivity contribution is 0.0949. The van der Waals surface area contributed by atoms with Crippen LogP contribution in [0.25, 0.3) is 11.3 Å². The van der Waals surface area contributed by atoms with Crippen molar-refractivity contribution in [1.82, 2.24) is 15.4 Å². The molecule has 0 unspecified atom stereocenters. The number of rotatable bonds is 5. The highest BCUT2D eigenvalue weighted by Gasteiger charge is 2.11. The van der Waals surface area contributed by atoms with Gasteiger partial charge in [0.2, 0.25) is 0 Å². The molecule has 0 fully saturated rings. The highest BCUT2D eigenvalue weighted by Crippen LogP contribution is 2.32. The van der Waals surface area contributed by atoms with Crippen molar-refractivity contribution < 1.29 is 14.6 Å². The van der Waals surface area contributed by atoms with Gasteiger partial charge in [0.1, 0.15) is 5.69 Å². The van der Waals surface area contributed by atoms with Crippen molar-refractivity contribution in [2.75, 3.05) is 7.11 Å². The molecule has 0 aliphatic rings. The molecule has 0 saturated carbocycles. The molecule has 2 aromatic carbocycles. The smallest absolute Gasteiger partial charge is 0.346 e. The Hall–Kier alpha value is -3.46. The number of halogens is 1. The largest absolute Gasteiger partial charge is 0.504 e. The van der Waals surface area contributed by atoms with Crippen LogP contribution in [-0.4, -0.2) is 34.3 Å². The second-order valence-corrected chi connectivity index (χ2v) is 6.51. The molecule has 3 N–H and O–H groups in total. The number of phenolic OH excluding ortho intramolecular Hbond substituents is 1. The van der Waals surface area contributed by atoms with Gasteiger partial charge in [0.15, 0.2) is 11.5 Å². The lowest BCUT2D eigenvalue weighted by atomic mass is 10.1. The Bertz CT molecular complexity index is 1100. The summed E-state index contributed by atoms with van der Waals surface area (Å²) in [6.45, 7) is 0. The minimum atomic E-state index is -0.648. The van der Waals surface area contributed by atoms with Gasteiger partial charge in [-0.25, -0.2) is 10.2 Å². The third-order valence-electron chi connectivity index (χ3n) is 3.72. The summed E-state index contributed by atoms with van der Waals surface area (Å²) in [6.07, 6.45) is 1.26. The molecule has 142 valence electrons. The molecule has 1 heterocycles. The number of hydrazone groups is 1. The van der Waals surface area contributed by atoms with Crippen molar-refractivity contribution in [3.05, 3.63) is 74.7 Å². The van der Waals surface area contributed by atoms with Gasteiger partial charge in [-0.3, -0.25) is 4.79 Å². The highest BCUT2D eigenvalue weighted by molar-refractivity contribution is 9.10. The quantitative estimate of drug-likeness (QED) is 0.414. The van der Waals surface area contributed by atoms with Crippen molar-refractivity contribution in [3.8, 4) is 22.8 Å². The molecule has 0 bridgehead atoms. The lowest BCUT2D eigenvalue weighted by Gasteiger charge is -2.07. The molecule has 1 amide bonds. The molecule has 0 atom stereocenters. The van der Waals surface area contributed by atoms with E-state index in [1.807, 2.05) is 6.07 Å². The summed E-state index contributed by atoms with van der Waals surface area (Å²) in [7, 11) is 1.42. The molecule has 0 spiro atoms. The van der Waals surface area contributed by atoms with Gasteiger partial charge in [0.25, 0.3) is 5.91 Å². The molecule has 0 saturated heterocycles. The first-order chi connectivity index (χ1) is 13.5. The van der Waals surface area contributed by atoms with E-state index in [2.05, 4.69) is 36.4 Å². The first-order valence-electron chi connectivity index (χ1n) is 8.04. The Balaban J connectivity index is 1.81. The number of aromatic hydroxyl groups is 1. The minimum Gasteiger partial charge on any atom is -0.504 e. The number of benzene rings is 2. The molecule has 3 aromatic rings. The Labute approximate surface area is 168 Å². The van der Waals surface area contributed by atoms with Gasteiger partial charge in [0.05, 0.1) is 19.0 Å². The number of amides is 1. The van der Waals surface area contributed by atoms with Gasteiger partial charge in [-0.2, -0.15) is 10.1 Å². The maximum atomic E-state index is 12.3. The predicted molar refractivity (Wildman–Crippen MR) is 108 cm³/mol. The van der Waals surface area contributed by atoms with Gasteiger partial charge >= 0.3 is 5.69 Å². The SMILES string of the molecule is COc1cc(Br)cc(/C=N/NC(=O)c2cc(-c3ccccc3)nc(=O)[nH]2)c1O. The first kappa shape index (κ1) is 19.3. The zero-order valence-corrected chi connectivity index (χ0v) is 16.2. The number of carbonyl (C=O) groups excluding carboxylic acids is 1. The van der Waals surface area contributed by atoms with Gasteiger partial charge in [-0.05, 0) is 18.2 Å². The second kappa shape index (κ2) is 8.49.